The third kappa shape index (κ3) is 9.30. The summed E-state index contributed by atoms with van der Waals surface area (Å²) in [6, 6.07) is 0. The summed E-state index contributed by atoms with van der Waals surface area (Å²) in [6.07, 6.45) is 3.06. The van der Waals surface area contributed by atoms with Crippen LogP contribution in [0.25, 0.3) is 0 Å². The number of amides is 3. The van der Waals surface area contributed by atoms with Gasteiger partial charge in [-0.05, 0) is 18.8 Å². The van der Waals surface area contributed by atoms with E-state index in [1.54, 1.807) is 0 Å². The number of hydrogen-bond donors (Lipinski definition) is 2. The molecule has 0 aromatic carbocycles. The predicted octanol–water partition coefficient (Wildman–Crippen LogP) is 0.686. The van der Waals surface area contributed by atoms with Crippen LogP contribution < -0.4 is 11.1 Å². The summed E-state index contributed by atoms with van der Waals surface area (Å²) in [5.41, 5.74) is 5.30. The maximum absolute atomic E-state index is 12.2. The Hall–Kier alpha value is -1.51. The van der Waals surface area contributed by atoms with E-state index in [-0.39, 0.29) is 29.6 Å². The molecule has 0 radical (unpaired) electrons. The Kier molecular flexibility index (Phi) is 11.9. The number of ether oxygens (including phenoxy) is 2. The van der Waals surface area contributed by atoms with Crippen molar-refractivity contribution in [3.05, 3.63) is 0 Å². The molecule has 0 aromatic heterocycles. The summed E-state index contributed by atoms with van der Waals surface area (Å²) in [5.74, 6) is -0.0902. The molecule has 1 aliphatic rings. The molecule has 0 aliphatic carbocycles. The molecule has 1 fully saturated rings. The maximum atomic E-state index is 12.2. The molecule has 0 bridgehead atoms. The van der Waals surface area contributed by atoms with E-state index in [0.717, 1.165) is 19.3 Å². The standard InChI is InChI=1S/C19H35N3O5/c1-15(2)16-14-18(24)22(19(16)25)9-5-3-4-6-17(23)21-8-11-27-13-12-26-10-7-20/h15-16H,3-14,20H2,1-2H3,(H,21,23). The third-order valence-electron chi connectivity index (χ3n) is 4.57. The minimum Gasteiger partial charge on any atom is -0.378 e. The van der Waals surface area contributed by atoms with Crippen molar-refractivity contribution in [2.75, 3.05) is 46.1 Å². The minimum atomic E-state index is -0.169. The topological polar surface area (TPSA) is 111 Å². The molecule has 0 aromatic rings. The van der Waals surface area contributed by atoms with Gasteiger partial charge in [-0.3, -0.25) is 19.3 Å². The highest BCUT2D eigenvalue weighted by molar-refractivity contribution is 6.03. The van der Waals surface area contributed by atoms with E-state index >= 15 is 0 Å². The maximum Gasteiger partial charge on any atom is 0.233 e. The first-order valence-corrected chi connectivity index (χ1v) is 9.93. The summed E-state index contributed by atoms with van der Waals surface area (Å²) < 4.78 is 10.5. The zero-order chi connectivity index (χ0) is 20.1. The van der Waals surface area contributed by atoms with Gasteiger partial charge in [0.05, 0.1) is 26.4 Å². The smallest absolute Gasteiger partial charge is 0.233 e. The van der Waals surface area contributed by atoms with Gasteiger partial charge in [0.1, 0.15) is 0 Å². The lowest BCUT2D eigenvalue weighted by atomic mass is 9.94. The van der Waals surface area contributed by atoms with E-state index in [1.165, 1.54) is 4.90 Å². The minimum absolute atomic E-state index is 0.00817. The molecule has 0 spiro atoms. The first kappa shape index (κ1) is 23.5. The monoisotopic (exact) mass is 385 g/mol. The van der Waals surface area contributed by atoms with Gasteiger partial charge in [0.15, 0.2) is 0 Å². The number of carbonyl (C=O) groups excluding carboxylic acids is 3. The van der Waals surface area contributed by atoms with Gasteiger partial charge < -0.3 is 20.5 Å². The lowest BCUT2D eigenvalue weighted by Crippen LogP contribution is -2.32. The summed E-state index contributed by atoms with van der Waals surface area (Å²) in [4.78, 5) is 37.2. The zero-order valence-electron chi connectivity index (χ0n) is 16.7. The number of rotatable bonds is 15. The average Bonchev–Trinajstić information content (AvgIpc) is 2.91. The van der Waals surface area contributed by atoms with E-state index in [2.05, 4.69) is 5.32 Å². The summed E-state index contributed by atoms with van der Waals surface area (Å²) in [5, 5.41) is 2.81. The first-order chi connectivity index (χ1) is 13.0. The Bertz CT molecular complexity index is 470. The third-order valence-corrected chi connectivity index (χ3v) is 4.57. The molecular formula is C19H35N3O5. The van der Waals surface area contributed by atoms with Crippen LogP contribution in [0.2, 0.25) is 0 Å². The highest BCUT2D eigenvalue weighted by atomic mass is 16.5. The highest BCUT2D eigenvalue weighted by Gasteiger charge is 2.39. The van der Waals surface area contributed by atoms with E-state index in [4.69, 9.17) is 15.2 Å². The Morgan fingerprint density at radius 1 is 1.15 bits per heavy atom. The number of hydrogen-bond acceptors (Lipinski definition) is 6. The Morgan fingerprint density at radius 3 is 2.48 bits per heavy atom. The lowest BCUT2D eigenvalue weighted by Gasteiger charge is -2.16. The van der Waals surface area contributed by atoms with Crippen LogP contribution in [0.1, 0.15) is 46.0 Å². The zero-order valence-corrected chi connectivity index (χ0v) is 16.7. The van der Waals surface area contributed by atoms with Crippen molar-refractivity contribution in [1.82, 2.24) is 10.2 Å². The van der Waals surface area contributed by atoms with Gasteiger partial charge in [0.2, 0.25) is 17.7 Å². The molecule has 3 amide bonds. The van der Waals surface area contributed by atoms with Crippen LogP contribution in [0.3, 0.4) is 0 Å². The molecule has 3 N–H and O–H groups in total. The van der Waals surface area contributed by atoms with Gasteiger partial charge in [-0.15, -0.1) is 0 Å². The van der Waals surface area contributed by atoms with Crippen LogP contribution >= 0.6 is 0 Å². The molecule has 1 rings (SSSR count). The molecule has 156 valence electrons. The molecular weight excluding hydrogens is 350 g/mol. The van der Waals surface area contributed by atoms with Crippen LogP contribution in [0, 0.1) is 11.8 Å². The Labute approximate surface area is 162 Å². The van der Waals surface area contributed by atoms with Gasteiger partial charge in [0, 0.05) is 38.4 Å². The average molecular weight is 386 g/mol. The van der Waals surface area contributed by atoms with E-state index in [1.807, 2.05) is 13.8 Å². The number of likely N-dealkylation sites (tertiary alicyclic amines) is 1. The molecule has 1 saturated heterocycles. The van der Waals surface area contributed by atoms with Crippen molar-refractivity contribution in [2.24, 2.45) is 17.6 Å². The number of nitrogens with two attached hydrogens (primary N) is 1. The largest absolute Gasteiger partial charge is 0.378 e. The van der Waals surface area contributed by atoms with E-state index in [0.29, 0.717) is 58.9 Å². The lowest BCUT2D eigenvalue weighted by molar-refractivity contribution is -0.139. The second-order valence-electron chi connectivity index (χ2n) is 7.11. The number of imide groups is 1. The van der Waals surface area contributed by atoms with E-state index in [9.17, 15) is 14.4 Å². The van der Waals surface area contributed by atoms with Crippen LogP contribution in [0.15, 0.2) is 0 Å². The van der Waals surface area contributed by atoms with Crippen molar-refractivity contribution >= 4 is 17.7 Å². The Morgan fingerprint density at radius 2 is 1.85 bits per heavy atom. The first-order valence-electron chi connectivity index (χ1n) is 9.93. The fourth-order valence-corrected chi connectivity index (χ4v) is 2.95. The second-order valence-corrected chi connectivity index (χ2v) is 7.11. The molecule has 1 aliphatic heterocycles. The molecule has 1 unspecified atom stereocenters. The molecule has 1 atom stereocenters. The van der Waals surface area contributed by atoms with E-state index < -0.39 is 0 Å². The van der Waals surface area contributed by atoms with Crippen LogP contribution in [-0.4, -0.2) is 68.7 Å². The van der Waals surface area contributed by atoms with Gasteiger partial charge in [-0.2, -0.15) is 0 Å². The van der Waals surface area contributed by atoms with Crippen molar-refractivity contribution in [1.29, 1.82) is 0 Å². The number of unbranched alkanes of at least 4 members (excludes halogenated alkanes) is 2. The normalized spacial score (nSPS) is 17.2. The quantitative estimate of drug-likeness (QED) is 0.317. The number of nitrogens with zero attached hydrogens (tertiary/aromatic N) is 1. The fraction of sp³-hybridized carbons (Fsp3) is 0.842. The summed E-state index contributed by atoms with van der Waals surface area (Å²) in [6.45, 7) is 7.35. The number of carbonyl (C=O) groups is 3. The van der Waals surface area contributed by atoms with Crippen LogP contribution in [-0.2, 0) is 23.9 Å². The van der Waals surface area contributed by atoms with Crippen molar-refractivity contribution in [2.45, 2.75) is 46.0 Å². The highest BCUT2D eigenvalue weighted by Crippen LogP contribution is 2.26. The van der Waals surface area contributed by atoms with Crippen molar-refractivity contribution in [3.8, 4) is 0 Å². The Balaban J connectivity index is 1.99. The number of nitrogens with one attached hydrogen (secondary N) is 1. The summed E-state index contributed by atoms with van der Waals surface area (Å²) in [7, 11) is 0. The van der Waals surface area contributed by atoms with Gasteiger partial charge in [0.25, 0.3) is 0 Å². The van der Waals surface area contributed by atoms with Gasteiger partial charge in [-0.1, -0.05) is 20.3 Å². The molecule has 27 heavy (non-hydrogen) atoms. The molecule has 8 heteroatoms. The molecule has 8 nitrogen and oxygen atoms in total. The SMILES string of the molecule is CC(C)C1CC(=O)N(CCCCCC(=O)NCCOCCOCCN)C1=O. The van der Waals surface area contributed by atoms with Gasteiger partial charge in [-0.25, -0.2) is 0 Å². The predicted molar refractivity (Wildman–Crippen MR) is 102 cm³/mol. The second kappa shape index (κ2) is 13.6. The van der Waals surface area contributed by atoms with Crippen molar-refractivity contribution < 1.29 is 23.9 Å². The van der Waals surface area contributed by atoms with Crippen LogP contribution in [0.5, 0.6) is 0 Å². The van der Waals surface area contributed by atoms with Crippen LogP contribution in [0.4, 0.5) is 0 Å². The molecule has 0 saturated carbocycles. The summed E-state index contributed by atoms with van der Waals surface area (Å²) >= 11 is 0. The molecule has 1 heterocycles. The fourth-order valence-electron chi connectivity index (χ4n) is 2.95. The van der Waals surface area contributed by atoms with Crippen molar-refractivity contribution in [3.63, 3.8) is 0 Å². The van der Waals surface area contributed by atoms with Gasteiger partial charge >= 0.3 is 0 Å².